The Kier molecular flexibility index (Phi) is 5.94. The number of nitrogens with one attached hydrogen (secondary N) is 1. The standard InChI is InChI=1S/C22H23NO3S/c1-17-11-13-21(14-12-17)27(24,25)23-16-22(19-8-4-3-5-9-19)26-20-10-6-7-18(2)15-20/h3-15,22-23H,16H2,1-2H3. The molecule has 5 heteroatoms. The molecule has 0 aliphatic heterocycles. The van der Waals surface area contributed by atoms with Gasteiger partial charge >= 0.3 is 0 Å². The molecule has 3 rings (SSSR count). The van der Waals surface area contributed by atoms with Crippen LogP contribution in [0.4, 0.5) is 0 Å². The van der Waals surface area contributed by atoms with Gasteiger partial charge in [0.05, 0.1) is 11.4 Å². The van der Waals surface area contributed by atoms with Crippen molar-refractivity contribution in [2.24, 2.45) is 0 Å². The molecule has 1 atom stereocenters. The minimum absolute atomic E-state index is 0.133. The molecule has 0 fully saturated rings. The molecule has 0 saturated heterocycles. The normalized spacial score (nSPS) is 12.5. The third kappa shape index (κ3) is 5.18. The van der Waals surface area contributed by atoms with Crippen LogP contribution in [0.1, 0.15) is 22.8 Å². The van der Waals surface area contributed by atoms with Gasteiger partial charge in [0, 0.05) is 0 Å². The lowest BCUT2D eigenvalue weighted by Crippen LogP contribution is -2.30. The fourth-order valence-corrected chi connectivity index (χ4v) is 3.77. The number of ether oxygens (including phenoxy) is 1. The lowest BCUT2D eigenvalue weighted by atomic mass is 10.1. The van der Waals surface area contributed by atoms with Crippen molar-refractivity contribution in [3.63, 3.8) is 0 Å². The first-order valence-electron chi connectivity index (χ1n) is 8.79. The Balaban J connectivity index is 1.80. The van der Waals surface area contributed by atoms with Crippen LogP contribution in [0.2, 0.25) is 0 Å². The Morgan fingerprint density at radius 2 is 1.56 bits per heavy atom. The van der Waals surface area contributed by atoms with E-state index in [0.29, 0.717) is 5.75 Å². The number of rotatable bonds is 7. The van der Waals surface area contributed by atoms with Gasteiger partial charge < -0.3 is 4.74 Å². The fraction of sp³-hybridized carbons (Fsp3) is 0.182. The molecule has 1 N–H and O–H groups in total. The van der Waals surface area contributed by atoms with Gasteiger partial charge in [0.2, 0.25) is 10.0 Å². The van der Waals surface area contributed by atoms with Crippen LogP contribution in [0, 0.1) is 13.8 Å². The van der Waals surface area contributed by atoms with Gasteiger partial charge in [-0.2, -0.15) is 0 Å². The van der Waals surface area contributed by atoms with E-state index in [1.54, 1.807) is 24.3 Å². The minimum atomic E-state index is -3.61. The fourth-order valence-electron chi connectivity index (χ4n) is 2.73. The maximum absolute atomic E-state index is 12.6. The van der Waals surface area contributed by atoms with Crippen LogP contribution in [0.3, 0.4) is 0 Å². The van der Waals surface area contributed by atoms with Gasteiger partial charge in [0.15, 0.2) is 0 Å². The van der Waals surface area contributed by atoms with E-state index in [1.807, 2.05) is 68.4 Å². The van der Waals surface area contributed by atoms with Gasteiger partial charge in [-0.1, -0.05) is 60.2 Å². The molecule has 0 amide bonds. The van der Waals surface area contributed by atoms with Crippen molar-refractivity contribution in [1.29, 1.82) is 0 Å². The Labute approximate surface area is 160 Å². The van der Waals surface area contributed by atoms with Gasteiger partial charge in [0.25, 0.3) is 0 Å². The summed E-state index contributed by atoms with van der Waals surface area (Å²) in [6.45, 7) is 4.05. The smallest absolute Gasteiger partial charge is 0.240 e. The molecule has 0 saturated carbocycles. The highest BCUT2D eigenvalue weighted by Gasteiger charge is 2.19. The van der Waals surface area contributed by atoms with E-state index in [-0.39, 0.29) is 11.4 Å². The van der Waals surface area contributed by atoms with Crippen LogP contribution in [-0.4, -0.2) is 15.0 Å². The van der Waals surface area contributed by atoms with E-state index < -0.39 is 16.1 Å². The lowest BCUT2D eigenvalue weighted by Gasteiger charge is -2.20. The van der Waals surface area contributed by atoms with E-state index in [4.69, 9.17) is 4.74 Å². The van der Waals surface area contributed by atoms with Crippen molar-refractivity contribution in [2.75, 3.05) is 6.54 Å². The zero-order valence-electron chi connectivity index (χ0n) is 15.4. The number of sulfonamides is 1. The molecule has 0 heterocycles. The largest absolute Gasteiger partial charge is 0.484 e. The Morgan fingerprint density at radius 1 is 0.852 bits per heavy atom. The van der Waals surface area contributed by atoms with Crippen LogP contribution < -0.4 is 9.46 Å². The Bertz CT molecular complexity index is 984. The summed E-state index contributed by atoms with van der Waals surface area (Å²) < 4.78 is 34.0. The van der Waals surface area contributed by atoms with Crippen molar-refractivity contribution in [1.82, 2.24) is 4.72 Å². The van der Waals surface area contributed by atoms with E-state index in [1.165, 1.54) is 0 Å². The van der Waals surface area contributed by atoms with Gasteiger partial charge in [-0.05, 0) is 49.2 Å². The van der Waals surface area contributed by atoms with Crippen molar-refractivity contribution >= 4 is 10.0 Å². The van der Waals surface area contributed by atoms with Crippen molar-refractivity contribution in [2.45, 2.75) is 24.8 Å². The highest BCUT2D eigenvalue weighted by molar-refractivity contribution is 7.89. The summed E-state index contributed by atoms with van der Waals surface area (Å²) >= 11 is 0. The Hall–Kier alpha value is -2.63. The van der Waals surface area contributed by atoms with Gasteiger partial charge in [-0.15, -0.1) is 0 Å². The average molecular weight is 381 g/mol. The first-order chi connectivity index (χ1) is 12.9. The second-order valence-electron chi connectivity index (χ2n) is 6.50. The van der Waals surface area contributed by atoms with Gasteiger partial charge in [0.1, 0.15) is 11.9 Å². The molecule has 1 unspecified atom stereocenters. The monoisotopic (exact) mass is 381 g/mol. The molecule has 3 aromatic carbocycles. The molecule has 27 heavy (non-hydrogen) atoms. The summed E-state index contributed by atoms with van der Waals surface area (Å²) in [6.07, 6.45) is -0.437. The van der Waals surface area contributed by atoms with E-state index >= 15 is 0 Å². The molecule has 0 bridgehead atoms. The number of hydrogen-bond donors (Lipinski definition) is 1. The lowest BCUT2D eigenvalue weighted by molar-refractivity contribution is 0.209. The van der Waals surface area contributed by atoms with Crippen LogP contribution >= 0.6 is 0 Å². The molecule has 0 aromatic heterocycles. The molecular formula is C22H23NO3S. The van der Waals surface area contributed by atoms with Crippen LogP contribution in [-0.2, 0) is 10.0 Å². The number of aryl methyl sites for hydroxylation is 2. The summed E-state index contributed by atoms with van der Waals surface area (Å²) in [5, 5.41) is 0. The third-order valence-corrected chi connectivity index (χ3v) is 5.67. The zero-order chi connectivity index (χ0) is 19.3. The topological polar surface area (TPSA) is 55.4 Å². The first kappa shape index (κ1) is 19.1. The van der Waals surface area contributed by atoms with Gasteiger partial charge in [-0.25, -0.2) is 13.1 Å². The van der Waals surface area contributed by atoms with Crippen LogP contribution in [0.15, 0.2) is 83.8 Å². The first-order valence-corrected chi connectivity index (χ1v) is 10.3. The predicted molar refractivity (Wildman–Crippen MR) is 107 cm³/mol. The van der Waals surface area contributed by atoms with E-state index in [9.17, 15) is 8.42 Å². The number of benzene rings is 3. The number of hydrogen-bond acceptors (Lipinski definition) is 3. The molecule has 140 valence electrons. The summed E-state index contributed by atoms with van der Waals surface area (Å²) in [7, 11) is -3.61. The van der Waals surface area contributed by atoms with Crippen molar-refractivity contribution in [3.8, 4) is 5.75 Å². The Morgan fingerprint density at radius 3 is 2.22 bits per heavy atom. The molecule has 0 aliphatic carbocycles. The molecule has 0 spiro atoms. The average Bonchev–Trinajstić information content (AvgIpc) is 2.66. The van der Waals surface area contributed by atoms with Crippen LogP contribution in [0.25, 0.3) is 0 Å². The summed E-state index contributed by atoms with van der Waals surface area (Å²) in [5.41, 5.74) is 3.00. The maximum atomic E-state index is 12.6. The van der Waals surface area contributed by atoms with Crippen molar-refractivity contribution < 1.29 is 13.2 Å². The summed E-state index contributed by atoms with van der Waals surface area (Å²) in [4.78, 5) is 0.246. The molecule has 3 aromatic rings. The molecule has 0 aliphatic rings. The summed E-state index contributed by atoms with van der Waals surface area (Å²) in [6, 6.07) is 24.1. The van der Waals surface area contributed by atoms with Gasteiger partial charge in [-0.3, -0.25) is 0 Å². The quantitative estimate of drug-likeness (QED) is 0.660. The highest BCUT2D eigenvalue weighted by atomic mass is 32.2. The predicted octanol–water partition coefficient (Wildman–Crippen LogP) is 4.40. The second-order valence-corrected chi connectivity index (χ2v) is 8.27. The maximum Gasteiger partial charge on any atom is 0.240 e. The van der Waals surface area contributed by atoms with E-state index in [2.05, 4.69) is 4.72 Å². The van der Waals surface area contributed by atoms with Crippen LogP contribution in [0.5, 0.6) is 5.75 Å². The SMILES string of the molecule is Cc1ccc(S(=O)(=O)NCC(Oc2cccc(C)c2)c2ccccc2)cc1. The minimum Gasteiger partial charge on any atom is -0.484 e. The zero-order valence-corrected chi connectivity index (χ0v) is 16.2. The second kappa shape index (κ2) is 8.37. The van der Waals surface area contributed by atoms with E-state index in [0.717, 1.165) is 16.7 Å². The highest BCUT2D eigenvalue weighted by Crippen LogP contribution is 2.23. The summed E-state index contributed by atoms with van der Waals surface area (Å²) in [5.74, 6) is 0.707. The molecule has 0 radical (unpaired) electrons. The molecule has 4 nitrogen and oxygen atoms in total. The third-order valence-electron chi connectivity index (χ3n) is 4.23. The molecular weight excluding hydrogens is 358 g/mol. The van der Waals surface area contributed by atoms with Crippen molar-refractivity contribution in [3.05, 3.63) is 95.6 Å².